The van der Waals surface area contributed by atoms with Crippen LogP contribution in [0.25, 0.3) is 0 Å². The highest BCUT2D eigenvalue weighted by atomic mass is 16.6. The number of carbonyl (C=O) groups is 2. The molecule has 0 saturated heterocycles. The molecular formula is C8H13BO4. The van der Waals surface area contributed by atoms with E-state index in [4.69, 9.17) is 12.6 Å². The van der Waals surface area contributed by atoms with E-state index in [-0.39, 0.29) is 6.61 Å². The van der Waals surface area contributed by atoms with Crippen molar-refractivity contribution >= 4 is 20.2 Å². The van der Waals surface area contributed by atoms with Gasteiger partial charge in [0, 0.05) is 0 Å². The van der Waals surface area contributed by atoms with Crippen molar-refractivity contribution in [2.45, 2.75) is 26.4 Å². The smallest absolute Gasteiger partial charge is 0.293 e. The van der Waals surface area contributed by atoms with Crippen LogP contribution in [0.1, 0.15) is 20.3 Å². The normalized spacial score (nSPS) is 12.2. The molecule has 0 aromatic heterocycles. The van der Waals surface area contributed by atoms with Crippen molar-refractivity contribution in [1.29, 1.82) is 0 Å². The first-order valence-corrected chi connectivity index (χ1v) is 4.07. The second-order valence-electron chi connectivity index (χ2n) is 3.12. The molecule has 0 amide bonds. The van der Waals surface area contributed by atoms with Gasteiger partial charge in [-0.05, 0) is 12.3 Å². The fourth-order valence-electron chi connectivity index (χ4n) is 0.987. The Morgan fingerprint density at radius 1 is 1.54 bits per heavy atom. The molecule has 1 atom stereocenters. The predicted octanol–water partition coefficient (Wildman–Crippen LogP) is 0.879. The second kappa shape index (κ2) is 6.51. The van der Waals surface area contributed by atoms with Gasteiger partial charge in [0.25, 0.3) is 6.47 Å². The summed E-state index contributed by atoms with van der Waals surface area (Å²) in [6.07, 6.45) is 0.180. The monoisotopic (exact) mass is 184 g/mol. The Balaban J connectivity index is 3.86. The number of carbonyl (C=O) groups excluding carboxylic acids is 2. The Bertz CT molecular complexity index is 170. The molecule has 0 spiro atoms. The number of ether oxygens (including phenoxy) is 2. The Morgan fingerprint density at radius 2 is 2.15 bits per heavy atom. The summed E-state index contributed by atoms with van der Waals surface area (Å²) in [6.45, 7) is 4.32. The van der Waals surface area contributed by atoms with Crippen LogP contribution in [0, 0.1) is 5.92 Å². The van der Waals surface area contributed by atoms with Crippen LogP contribution in [-0.4, -0.2) is 32.9 Å². The van der Waals surface area contributed by atoms with Crippen LogP contribution in [0.4, 0.5) is 4.79 Å². The average Bonchev–Trinajstić information content (AvgIpc) is 1.98. The maximum atomic E-state index is 10.4. The van der Waals surface area contributed by atoms with Crippen LogP contribution in [0.15, 0.2) is 0 Å². The van der Waals surface area contributed by atoms with Crippen LogP contribution in [-0.2, 0) is 14.3 Å². The molecule has 0 heterocycles. The van der Waals surface area contributed by atoms with Crippen LogP contribution in [0.3, 0.4) is 0 Å². The van der Waals surface area contributed by atoms with Crippen LogP contribution in [0.5, 0.6) is 0 Å². The third-order valence-corrected chi connectivity index (χ3v) is 1.37. The summed E-state index contributed by atoms with van der Waals surface area (Å²) in [5.74, 6) is -0.500. The minimum Gasteiger partial charge on any atom is -0.468 e. The van der Waals surface area contributed by atoms with Gasteiger partial charge in [-0.15, -0.1) is 0 Å². The van der Waals surface area contributed by atoms with Crippen molar-refractivity contribution < 1.29 is 19.1 Å². The van der Waals surface area contributed by atoms with Gasteiger partial charge >= 0.3 is 0 Å². The van der Waals surface area contributed by atoms with Crippen LogP contribution in [0.2, 0.25) is 0 Å². The summed E-state index contributed by atoms with van der Waals surface area (Å²) in [5, 5.41) is 0. The van der Waals surface area contributed by atoms with Gasteiger partial charge in [-0.2, -0.15) is 0 Å². The minimum absolute atomic E-state index is 0.0601. The number of hydrogen-bond acceptors (Lipinski definition) is 4. The Hall–Kier alpha value is -0.995. The first-order chi connectivity index (χ1) is 6.06. The van der Waals surface area contributed by atoms with E-state index in [1.807, 2.05) is 13.8 Å². The van der Waals surface area contributed by atoms with Crippen molar-refractivity contribution in [2.75, 3.05) is 6.61 Å². The van der Waals surface area contributed by atoms with Gasteiger partial charge in [0.2, 0.25) is 13.7 Å². The van der Waals surface area contributed by atoms with Crippen molar-refractivity contribution in [3.05, 3.63) is 0 Å². The lowest BCUT2D eigenvalue weighted by atomic mass is 10.1. The molecule has 0 fully saturated rings. The van der Waals surface area contributed by atoms with Gasteiger partial charge in [-0.3, -0.25) is 9.59 Å². The molecule has 0 aromatic carbocycles. The molecule has 0 saturated carbocycles. The highest BCUT2D eigenvalue weighted by Crippen LogP contribution is 2.08. The fraction of sp³-hybridized carbons (Fsp3) is 0.750. The SMILES string of the molecule is [B]C(=O)OC(COC=O)CC(C)C. The maximum Gasteiger partial charge on any atom is 0.293 e. The zero-order valence-corrected chi connectivity index (χ0v) is 7.86. The van der Waals surface area contributed by atoms with E-state index in [0.29, 0.717) is 18.8 Å². The predicted molar refractivity (Wildman–Crippen MR) is 47.5 cm³/mol. The van der Waals surface area contributed by atoms with Gasteiger partial charge in [0.05, 0.1) is 0 Å². The molecule has 5 heteroatoms. The van der Waals surface area contributed by atoms with E-state index in [0.717, 1.165) is 0 Å². The minimum atomic E-state index is -0.847. The van der Waals surface area contributed by atoms with E-state index in [1.165, 1.54) is 0 Å². The third kappa shape index (κ3) is 7.37. The molecule has 0 aliphatic carbocycles. The summed E-state index contributed by atoms with van der Waals surface area (Å²) in [4.78, 5) is 20.3. The summed E-state index contributed by atoms with van der Waals surface area (Å²) >= 11 is 0. The molecule has 4 nitrogen and oxygen atoms in total. The van der Waals surface area contributed by atoms with Crippen LogP contribution < -0.4 is 0 Å². The van der Waals surface area contributed by atoms with Gasteiger partial charge in [0.15, 0.2) is 0 Å². The molecule has 0 aliphatic heterocycles. The molecule has 0 aliphatic rings. The molecule has 13 heavy (non-hydrogen) atoms. The highest BCUT2D eigenvalue weighted by Gasteiger charge is 2.13. The standard InChI is InChI=1S/C8H13BO4/c1-6(2)3-7(4-12-5-10)13-8(9)11/h5-7H,3-4H2,1-2H3. The van der Waals surface area contributed by atoms with Crippen molar-refractivity contribution in [3.8, 4) is 0 Å². The molecule has 72 valence electrons. The van der Waals surface area contributed by atoms with Gasteiger partial charge in [0.1, 0.15) is 12.7 Å². The fourth-order valence-corrected chi connectivity index (χ4v) is 0.987. The quantitative estimate of drug-likeness (QED) is 0.454. The van der Waals surface area contributed by atoms with Crippen molar-refractivity contribution in [3.63, 3.8) is 0 Å². The first-order valence-electron chi connectivity index (χ1n) is 4.07. The van der Waals surface area contributed by atoms with Crippen molar-refractivity contribution in [2.24, 2.45) is 5.92 Å². The highest BCUT2D eigenvalue weighted by molar-refractivity contribution is 6.55. The number of rotatable bonds is 6. The lowest BCUT2D eigenvalue weighted by molar-refractivity contribution is -0.131. The molecule has 0 N–H and O–H groups in total. The van der Waals surface area contributed by atoms with E-state index in [2.05, 4.69) is 4.74 Å². The zero-order chi connectivity index (χ0) is 10.3. The molecule has 0 rings (SSSR count). The van der Waals surface area contributed by atoms with E-state index < -0.39 is 12.0 Å². The summed E-state index contributed by atoms with van der Waals surface area (Å²) in [7, 11) is 4.84. The first kappa shape index (κ1) is 12.0. The molecule has 2 radical (unpaired) electrons. The molecule has 0 aromatic rings. The Labute approximate surface area is 79.0 Å². The van der Waals surface area contributed by atoms with E-state index in [1.54, 1.807) is 0 Å². The van der Waals surface area contributed by atoms with Gasteiger partial charge in [-0.1, -0.05) is 13.8 Å². The number of hydrogen-bond donors (Lipinski definition) is 0. The molecular weight excluding hydrogens is 171 g/mol. The van der Waals surface area contributed by atoms with Gasteiger partial charge in [-0.25, -0.2) is 0 Å². The lowest BCUT2D eigenvalue weighted by Gasteiger charge is -2.17. The zero-order valence-electron chi connectivity index (χ0n) is 7.86. The van der Waals surface area contributed by atoms with E-state index in [9.17, 15) is 9.59 Å². The van der Waals surface area contributed by atoms with E-state index >= 15 is 0 Å². The summed E-state index contributed by atoms with van der Waals surface area (Å²) in [6, 6.07) is 0. The summed E-state index contributed by atoms with van der Waals surface area (Å²) in [5.41, 5.74) is 0. The molecule has 0 bridgehead atoms. The largest absolute Gasteiger partial charge is 0.468 e. The van der Waals surface area contributed by atoms with Crippen LogP contribution >= 0.6 is 0 Å². The topological polar surface area (TPSA) is 52.6 Å². The average molecular weight is 184 g/mol. The second-order valence-corrected chi connectivity index (χ2v) is 3.12. The molecule has 1 unspecified atom stereocenters. The summed E-state index contributed by atoms with van der Waals surface area (Å²) < 4.78 is 9.20. The Kier molecular flexibility index (Phi) is 6.01. The maximum absolute atomic E-state index is 10.4. The van der Waals surface area contributed by atoms with Crippen molar-refractivity contribution in [1.82, 2.24) is 0 Å². The lowest BCUT2D eigenvalue weighted by Crippen LogP contribution is -2.24. The third-order valence-electron chi connectivity index (χ3n) is 1.37. The van der Waals surface area contributed by atoms with Gasteiger partial charge < -0.3 is 9.47 Å². The Morgan fingerprint density at radius 3 is 2.54 bits per heavy atom.